The molecule has 0 radical (unpaired) electrons. The number of rotatable bonds is 5. The molecule has 1 aliphatic rings. The summed E-state index contributed by atoms with van der Waals surface area (Å²) in [6.45, 7) is 1.81. The summed E-state index contributed by atoms with van der Waals surface area (Å²) in [5, 5.41) is 5.13. The minimum absolute atomic E-state index is 0.103. The highest BCUT2D eigenvalue weighted by atomic mass is 32.2. The Morgan fingerprint density at radius 1 is 1.19 bits per heavy atom. The van der Waals surface area contributed by atoms with Crippen molar-refractivity contribution in [2.75, 3.05) is 25.4 Å². The van der Waals surface area contributed by atoms with E-state index < -0.39 is 6.17 Å². The van der Waals surface area contributed by atoms with Crippen LogP contribution in [0.25, 0.3) is 11.3 Å². The Hall–Kier alpha value is -3.33. The molecular weight excluding hydrogens is 416 g/mol. The van der Waals surface area contributed by atoms with Gasteiger partial charge in [0.05, 0.1) is 31.0 Å². The van der Waals surface area contributed by atoms with Crippen LogP contribution in [0.3, 0.4) is 0 Å². The molecule has 0 bridgehead atoms. The molecule has 0 saturated carbocycles. The fourth-order valence-electron chi connectivity index (χ4n) is 3.90. The third kappa shape index (κ3) is 3.34. The molecular formula is C22H23N4O4S+. The second-order valence-corrected chi connectivity index (χ2v) is 7.64. The molecule has 0 saturated heterocycles. The molecule has 0 fully saturated rings. The van der Waals surface area contributed by atoms with E-state index in [4.69, 9.17) is 9.47 Å². The number of ether oxygens (including phenoxy) is 2. The number of carbonyl (C=O) groups is 1. The van der Waals surface area contributed by atoms with Gasteiger partial charge in [-0.3, -0.25) is 14.6 Å². The molecule has 1 amide bonds. The van der Waals surface area contributed by atoms with Crippen molar-refractivity contribution in [3.8, 4) is 22.8 Å². The summed E-state index contributed by atoms with van der Waals surface area (Å²) in [6.07, 6.45) is 1.39. The van der Waals surface area contributed by atoms with Gasteiger partial charge in [-0.2, -0.15) is 0 Å². The number of hydrogen-bond donors (Lipinski definition) is 1. The zero-order valence-electron chi connectivity index (χ0n) is 17.7. The lowest BCUT2D eigenvalue weighted by Crippen LogP contribution is -2.60. The van der Waals surface area contributed by atoms with Crippen molar-refractivity contribution in [2.24, 2.45) is 0 Å². The second kappa shape index (κ2) is 8.43. The Bertz CT molecular complexity index is 1210. The van der Waals surface area contributed by atoms with Gasteiger partial charge in [0, 0.05) is 11.5 Å². The van der Waals surface area contributed by atoms with E-state index in [1.54, 1.807) is 29.9 Å². The van der Waals surface area contributed by atoms with Gasteiger partial charge in [-0.1, -0.05) is 36.9 Å². The van der Waals surface area contributed by atoms with E-state index in [0.29, 0.717) is 39.2 Å². The smallest absolute Gasteiger partial charge is 0.325 e. The third-order valence-corrected chi connectivity index (χ3v) is 5.80. The Morgan fingerprint density at radius 3 is 2.65 bits per heavy atom. The maximum atomic E-state index is 13.2. The molecule has 1 N–H and O–H groups in total. The van der Waals surface area contributed by atoms with Crippen molar-refractivity contribution in [1.82, 2.24) is 10.1 Å². The molecule has 2 heterocycles. The summed E-state index contributed by atoms with van der Waals surface area (Å²) in [6, 6.07) is 12.8. The molecule has 31 heavy (non-hydrogen) atoms. The Kier molecular flexibility index (Phi) is 5.69. The number of H-pyrrole nitrogens is 1. The van der Waals surface area contributed by atoms with Gasteiger partial charge in [0.15, 0.2) is 11.5 Å². The third-order valence-electron chi connectivity index (χ3n) is 5.23. The van der Waals surface area contributed by atoms with Crippen LogP contribution in [0, 0.1) is 0 Å². The van der Waals surface area contributed by atoms with Crippen LogP contribution in [0.5, 0.6) is 11.5 Å². The van der Waals surface area contributed by atoms with Crippen LogP contribution in [0.1, 0.15) is 25.1 Å². The molecule has 160 valence electrons. The van der Waals surface area contributed by atoms with Crippen molar-refractivity contribution < 1.29 is 19.0 Å². The molecule has 1 atom stereocenters. The number of amides is 1. The first kappa shape index (κ1) is 20.9. The van der Waals surface area contributed by atoms with Gasteiger partial charge in [-0.25, -0.2) is 4.90 Å². The first-order valence-electron chi connectivity index (χ1n) is 9.78. The lowest BCUT2D eigenvalue weighted by Gasteiger charge is -2.32. The van der Waals surface area contributed by atoms with Crippen LogP contribution in [0.4, 0.5) is 5.69 Å². The van der Waals surface area contributed by atoms with Gasteiger partial charge in [0.2, 0.25) is 11.1 Å². The van der Waals surface area contributed by atoms with Crippen LogP contribution in [-0.2, 0) is 4.79 Å². The zero-order valence-corrected chi connectivity index (χ0v) is 18.5. The molecule has 1 aromatic heterocycles. The van der Waals surface area contributed by atoms with Crippen LogP contribution < -0.4 is 24.6 Å². The van der Waals surface area contributed by atoms with E-state index >= 15 is 0 Å². The molecule has 0 unspecified atom stereocenters. The number of aromatic amines is 1. The Labute approximate surface area is 183 Å². The van der Waals surface area contributed by atoms with Crippen molar-refractivity contribution in [2.45, 2.75) is 24.7 Å². The van der Waals surface area contributed by atoms with E-state index in [1.165, 1.54) is 11.8 Å². The predicted octanol–water partition coefficient (Wildman–Crippen LogP) is 2.77. The highest BCUT2D eigenvalue weighted by Gasteiger charge is 2.46. The molecule has 1 aliphatic heterocycles. The van der Waals surface area contributed by atoms with Crippen LogP contribution in [0.15, 0.2) is 52.4 Å². The number of fused-ring (bicyclic) bond motifs is 3. The molecule has 4 rings (SSSR count). The lowest BCUT2D eigenvalue weighted by atomic mass is 10.0. The van der Waals surface area contributed by atoms with Gasteiger partial charge in [-0.05, 0) is 35.2 Å². The van der Waals surface area contributed by atoms with Crippen molar-refractivity contribution in [3.63, 3.8) is 0 Å². The number of nitrogens with zero attached hydrogens (tertiary/aromatic N) is 3. The number of nitrogens with one attached hydrogen (secondary N) is 1. The van der Waals surface area contributed by atoms with Gasteiger partial charge < -0.3 is 9.47 Å². The number of hydrogen-bond acceptors (Lipinski definition) is 6. The highest BCUT2D eigenvalue weighted by Crippen LogP contribution is 2.42. The Balaban J connectivity index is 2.12. The maximum absolute atomic E-state index is 13.2. The number of benzene rings is 2. The number of anilines is 1. The van der Waals surface area contributed by atoms with E-state index in [2.05, 4.69) is 10.1 Å². The van der Waals surface area contributed by atoms with Crippen LogP contribution in [0.2, 0.25) is 0 Å². The van der Waals surface area contributed by atoms with Gasteiger partial charge in [0.1, 0.15) is 0 Å². The maximum Gasteiger partial charge on any atom is 0.325 e. The molecule has 3 aromatic rings. The van der Waals surface area contributed by atoms with Gasteiger partial charge in [-0.15, -0.1) is 0 Å². The van der Waals surface area contributed by atoms with E-state index in [-0.39, 0.29) is 17.9 Å². The second-order valence-electron chi connectivity index (χ2n) is 6.85. The van der Waals surface area contributed by atoms with Crippen molar-refractivity contribution in [3.05, 3.63) is 58.4 Å². The number of methoxy groups -OCH3 is 2. The standard InChI is InChI=1S/C22H22N4O4S/c1-5-17(27)25-15-11-7-6-9-13(15)18-20(28)23-22(31-4)24-26(18)21(25)14-10-8-12-16(29-2)19(14)30-3/h6-12,21H,5H2,1-4H3/p+1/t21-/m0/s1. The van der Waals surface area contributed by atoms with Crippen LogP contribution >= 0.6 is 11.8 Å². The summed E-state index contributed by atoms with van der Waals surface area (Å²) >= 11 is 1.32. The number of aromatic nitrogens is 3. The summed E-state index contributed by atoms with van der Waals surface area (Å²) < 4.78 is 12.8. The molecule has 0 spiro atoms. The topological polar surface area (TPSA) is 88.4 Å². The lowest BCUT2D eigenvalue weighted by molar-refractivity contribution is -0.763. The average Bonchev–Trinajstić information content (AvgIpc) is 2.81. The first-order valence-corrected chi connectivity index (χ1v) is 11.0. The number of thioether (sulfide) groups is 1. The van der Waals surface area contributed by atoms with Crippen molar-refractivity contribution >= 4 is 23.4 Å². The number of para-hydroxylation sites is 2. The summed E-state index contributed by atoms with van der Waals surface area (Å²) in [5.41, 5.74) is 2.05. The largest absolute Gasteiger partial charge is 0.493 e. The quantitative estimate of drug-likeness (QED) is 0.486. The predicted molar refractivity (Wildman–Crippen MR) is 118 cm³/mol. The SMILES string of the molecule is CCC(=O)N1c2ccccc2-c2c(=O)[nH]c(SC)n[n+]2[C@H]1c1cccc(OC)c1OC. The normalized spacial score (nSPS) is 14.6. The van der Waals surface area contributed by atoms with E-state index in [0.717, 1.165) is 0 Å². The van der Waals surface area contributed by atoms with Gasteiger partial charge in [0.25, 0.3) is 6.17 Å². The monoisotopic (exact) mass is 439 g/mol. The molecule has 9 heteroatoms. The first-order chi connectivity index (χ1) is 15.0. The summed E-state index contributed by atoms with van der Waals surface area (Å²) in [4.78, 5) is 30.9. The fourth-order valence-corrected chi connectivity index (χ4v) is 4.26. The molecule has 8 nitrogen and oxygen atoms in total. The molecule has 2 aromatic carbocycles. The summed E-state index contributed by atoms with van der Waals surface area (Å²) in [7, 11) is 3.11. The van der Waals surface area contributed by atoms with Gasteiger partial charge >= 0.3 is 11.3 Å². The molecule has 0 aliphatic carbocycles. The number of carbonyl (C=O) groups excluding carboxylic acids is 1. The zero-order chi connectivity index (χ0) is 22.1. The van der Waals surface area contributed by atoms with Crippen molar-refractivity contribution in [1.29, 1.82) is 0 Å². The minimum Gasteiger partial charge on any atom is -0.493 e. The van der Waals surface area contributed by atoms with Crippen LogP contribution in [-0.4, -0.2) is 36.5 Å². The minimum atomic E-state index is -0.726. The fraction of sp³-hybridized carbons (Fsp3) is 0.273. The Morgan fingerprint density at radius 2 is 1.97 bits per heavy atom. The summed E-state index contributed by atoms with van der Waals surface area (Å²) in [5.74, 6) is 0.905. The van der Waals surface area contributed by atoms with E-state index in [9.17, 15) is 9.59 Å². The highest BCUT2D eigenvalue weighted by molar-refractivity contribution is 7.98. The van der Waals surface area contributed by atoms with E-state index in [1.807, 2.05) is 49.6 Å². The average molecular weight is 440 g/mol.